The lowest BCUT2D eigenvalue weighted by Crippen LogP contribution is -2.33. The second-order valence-corrected chi connectivity index (χ2v) is 5.36. The number of nitrogens with one attached hydrogen (secondary N) is 3. The van der Waals surface area contributed by atoms with Crippen molar-refractivity contribution in [1.29, 1.82) is 0 Å². The predicted molar refractivity (Wildman–Crippen MR) is 73.2 cm³/mol. The molecule has 1 aliphatic heterocycles. The van der Waals surface area contributed by atoms with Crippen LogP contribution >= 0.6 is 11.3 Å². The Morgan fingerprint density at radius 2 is 2.26 bits per heavy atom. The van der Waals surface area contributed by atoms with Crippen molar-refractivity contribution in [2.75, 3.05) is 19.7 Å². The van der Waals surface area contributed by atoms with E-state index in [0.717, 1.165) is 43.0 Å². The molecule has 0 spiro atoms. The molecule has 3 N–H and O–H groups in total. The first kappa shape index (κ1) is 14.2. The number of carbonyl (C=O) groups is 1. The van der Waals surface area contributed by atoms with Gasteiger partial charge < -0.3 is 20.4 Å². The Hall–Kier alpha value is -1.18. The van der Waals surface area contributed by atoms with Crippen molar-refractivity contribution in [3.05, 3.63) is 20.7 Å². The van der Waals surface area contributed by atoms with E-state index in [1.165, 1.54) is 0 Å². The molecule has 0 unspecified atom stereocenters. The molecule has 0 radical (unpaired) electrons. The Labute approximate surface area is 115 Å². The summed E-state index contributed by atoms with van der Waals surface area (Å²) in [6.07, 6.45) is 2.66. The number of H-pyrrole nitrogens is 1. The van der Waals surface area contributed by atoms with E-state index < -0.39 is 0 Å². The lowest BCUT2D eigenvalue weighted by atomic mass is 10.1. The number of ether oxygens (including phenoxy) is 1. The van der Waals surface area contributed by atoms with Crippen molar-refractivity contribution < 1.29 is 9.53 Å². The summed E-state index contributed by atoms with van der Waals surface area (Å²) in [5, 5.41) is 7.74. The average Bonchev–Trinajstić information content (AvgIpc) is 2.83. The first-order valence-electron chi connectivity index (χ1n) is 6.50. The molecule has 0 atom stereocenters. The second-order valence-electron chi connectivity index (χ2n) is 4.52. The quantitative estimate of drug-likeness (QED) is 0.698. The van der Waals surface area contributed by atoms with Crippen LogP contribution in [0.1, 0.15) is 25.0 Å². The fourth-order valence-corrected chi connectivity index (χ4v) is 2.54. The third-order valence-corrected chi connectivity index (χ3v) is 3.73. The van der Waals surface area contributed by atoms with Gasteiger partial charge in [0.2, 0.25) is 5.91 Å². The number of rotatable bonds is 6. The van der Waals surface area contributed by atoms with Crippen molar-refractivity contribution >= 4 is 17.2 Å². The van der Waals surface area contributed by atoms with Crippen LogP contribution in [0.5, 0.6) is 0 Å². The van der Waals surface area contributed by atoms with Gasteiger partial charge in [0.1, 0.15) is 0 Å². The third-order valence-electron chi connectivity index (χ3n) is 3.02. The van der Waals surface area contributed by atoms with Gasteiger partial charge in [-0.05, 0) is 25.9 Å². The Kier molecular flexibility index (Phi) is 5.56. The maximum absolute atomic E-state index is 11.6. The zero-order chi connectivity index (χ0) is 13.5. The molecule has 0 aliphatic carbocycles. The number of aromatic nitrogens is 1. The summed E-state index contributed by atoms with van der Waals surface area (Å²) in [6, 6.07) is 0. The normalized spacial score (nSPS) is 16.4. The summed E-state index contributed by atoms with van der Waals surface area (Å²) in [6.45, 7) is 2.80. The van der Waals surface area contributed by atoms with Crippen LogP contribution in [0, 0.1) is 0 Å². The lowest BCUT2D eigenvalue weighted by molar-refractivity contribution is -0.122. The van der Waals surface area contributed by atoms with Crippen LogP contribution in [0.3, 0.4) is 0 Å². The van der Waals surface area contributed by atoms with Crippen LogP contribution < -0.4 is 15.5 Å². The summed E-state index contributed by atoms with van der Waals surface area (Å²) in [4.78, 5) is 25.0. The Morgan fingerprint density at radius 3 is 2.95 bits per heavy atom. The van der Waals surface area contributed by atoms with Gasteiger partial charge in [-0.1, -0.05) is 11.3 Å². The van der Waals surface area contributed by atoms with Crippen LogP contribution in [0.15, 0.2) is 10.2 Å². The molecule has 19 heavy (non-hydrogen) atoms. The van der Waals surface area contributed by atoms with Gasteiger partial charge in [0.05, 0.1) is 19.3 Å². The monoisotopic (exact) mass is 285 g/mol. The third kappa shape index (κ3) is 5.14. The van der Waals surface area contributed by atoms with Gasteiger partial charge >= 0.3 is 4.87 Å². The van der Waals surface area contributed by atoms with E-state index in [9.17, 15) is 9.59 Å². The molecule has 2 heterocycles. The van der Waals surface area contributed by atoms with Gasteiger partial charge in [-0.2, -0.15) is 0 Å². The number of carbonyl (C=O) groups excluding carboxylic acids is 1. The Balaban J connectivity index is 1.57. The average molecular weight is 285 g/mol. The largest absolute Gasteiger partial charge is 0.378 e. The first-order chi connectivity index (χ1) is 9.24. The maximum atomic E-state index is 11.6. The number of hydrogen-bond acceptors (Lipinski definition) is 5. The summed E-state index contributed by atoms with van der Waals surface area (Å²) in [5.41, 5.74) is 0.739. The maximum Gasteiger partial charge on any atom is 0.304 e. The van der Waals surface area contributed by atoms with Crippen molar-refractivity contribution in [3.8, 4) is 0 Å². The first-order valence-corrected chi connectivity index (χ1v) is 7.38. The van der Waals surface area contributed by atoms with Crippen LogP contribution in [0.25, 0.3) is 0 Å². The molecule has 106 valence electrons. The van der Waals surface area contributed by atoms with Gasteiger partial charge in [-0.15, -0.1) is 0 Å². The molecular weight excluding hydrogens is 266 g/mol. The van der Waals surface area contributed by atoms with Crippen molar-refractivity contribution in [1.82, 2.24) is 15.6 Å². The Morgan fingerprint density at radius 1 is 1.47 bits per heavy atom. The number of aromatic amines is 1. The van der Waals surface area contributed by atoms with Gasteiger partial charge in [-0.3, -0.25) is 9.59 Å². The minimum absolute atomic E-state index is 0.0546. The topological polar surface area (TPSA) is 83.2 Å². The van der Waals surface area contributed by atoms with Gasteiger partial charge in [0, 0.05) is 17.5 Å². The molecule has 0 bridgehead atoms. The van der Waals surface area contributed by atoms with Gasteiger partial charge in [0.25, 0.3) is 0 Å². The zero-order valence-corrected chi connectivity index (χ0v) is 11.6. The van der Waals surface area contributed by atoms with E-state index in [0.29, 0.717) is 19.6 Å². The van der Waals surface area contributed by atoms with Crippen molar-refractivity contribution in [2.45, 2.75) is 31.9 Å². The van der Waals surface area contributed by atoms with Gasteiger partial charge in [0.15, 0.2) is 0 Å². The molecule has 1 fully saturated rings. The Bertz CT molecular complexity index is 451. The van der Waals surface area contributed by atoms with Crippen LogP contribution in [0.2, 0.25) is 0 Å². The molecule has 1 aromatic rings. The molecule has 2 rings (SSSR count). The summed E-state index contributed by atoms with van der Waals surface area (Å²) >= 11 is 1.10. The van der Waals surface area contributed by atoms with E-state index in [2.05, 4.69) is 15.6 Å². The van der Waals surface area contributed by atoms with E-state index in [1.807, 2.05) is 0 Å². The highest BCUT2D eigenvalue weighted by Gasteiger charge is 2.13. The van der Waals surface area contributed by atoms with Crippen molar-refractivity contribution in [3.63, 3.8) is 0 Å². The minimum Gasteiger partial charge on any atom is -0.378 e. The highest BCUT2D eigenvalue weighted by atomic mass is 32.1. The fraction of sp³-hybridized carbons (Fsp3) is 0.667. The number of hydrogen-bond donors (Lipinski definition) is 3. The van der Waals surface area contributed by atoms with Crippen LogP contribution in [-0.4, -0.2) is 36.7 Å². The molecule has 7 heteroatoms. The summed E-state index contributed by atoms with van der Waals surface area (Å²) < 4.78 is 5.65. The molecule has 0 aromatic carbocycles. The highest BCUT2D eigenvalue weighted by molar-refractivity contribution is 7.07. The highest BCUT2D eigenvalue weighted by Crippen LogP contribution is 2.07. The standard InChI is InChI=1S/C12H19N3O3S/c16-11(14-7-9-8-19-12(17)15-9)3-6-18-10-1-4-13-5-2-10/h8,10,13H,1-7H2,(H,14,16)(H,15,17). The summed E-state index contributed by atoms with van der Waals surface area (Å²) in [7, 11) is 0. The van der Waals surface area contributed by atoms with E-state index in [-0.39, 0.29) is 16.9 Å². The van der Waals surface area contributed by atoms with E-state index in [1.54, 1.807) is 5.38 Å². The number of amides is 1. The van der Waals surface area contributed by atoms with E-state index >= 15 is 0 Å². The van der Waals surface area contributed by atoms with Crippen LogP contribution in [-0.2, 0) is 16.1 Å². The fourth-order valence-electron chi connectivity index (χ4n) is 1.96. The van der Waals surface area contributed by atoms with Crippen molar-refractivity contribution in [2.24, 2.45) is 0 Å². The molecule has 1 aromatic heterocycles. The second kappa shape index (κ2) is 7.42. The minimum atomic E-state index is -0.0986. The zero-order valence-electron chi connectivity index (χ0n) is 10.7. The molecule has 6 nitrogen and oxygen atoms in total. The van der Waals surface area contributed by atoms with Crippen LogP contribution in [0.4, 0.5) is 0 Å². The lowest BCUT2D eigenvalue weighted by Gasteiger charge is -2.22. The predicted octanol–water partition coefficient (Wildman–Crippen LogP) is 0.211. The number of piperidine rings is 1. The van der Waals surface area contributed by atoms with E-state index in [4.69, 9.17) is 4.74 Å². The van der Waals surface area contributed by atoms with Gasteiger partial charge in [-0.25, -0.2) is 0 Å². The summed E-state index contributed by atoms with van der Waals surface area (Å²) in [5.74, 6) is -0.0546. The molecule has 1 aliphatic rings. The molecule has 0 saturated carbocycles. The molecule has 1 amide bonds. The SMILES string of the molecule is O=C(CCOC1CCNCC1)NCc1csc(=O)[nH]1. The molecule has 1 saturated heterocycles. The molecular formula is C12H19N3O3S. The smallest absolute Gasteiger partial charge is 0.304 e. The number of thiazole rings is 1.